The summed E-state index contributed by atoms with van der Waals surface area (Å²) < 4.78 is 10.3. The smallest absolute Gasteiger partial charge is 0.319 e. The molecule has 0 saturated carbocycles. The minimum atomic E-state index is -0.378. The molecule has 6 heteroatoms. The molecule has 3 aromatic rings. The molecule has 1 amide bonds. The Morgan fingerprint density at radius 3 is 2.62 bits per heavy atom. The number of fused-ring (bicyclic) bond motifs is 3. The van der Waals surface area contributed by atoms with Crippen molar-refractivity contribution < 1.29 is 18.7 Å². The van der Waals surface area contributed by atoms with Crippen LogP contribution in [0.25, 0.3) is 21.9 Å². The number of esters is 1. The quantitative estimate of drug-likeness (QED) is 0.730. The lowest BCUT2D eigenvalue weighted by Crippen LogP contribution is -2.34. The van der Waals surface area contributed by atoms with Gasteiger partial charge in [-0.05, 0) is 31.3 Å². The number of ether oxygens (including phenoxy) is 1. The zero-order valence-corrected chi connectivity index (χ0v) is 13.5. The Morgan fingerprint density at radius 2 is 1.83 bits per heavy atom. The number of carbonyl (C=O) groups is 2. The van der Waals surface area contributed by atoms with Gasteiger partial charge in [-0.1, -0.05) is 18.2 Å². The number of benzene rings is 2. The van der Waals surface area contributed by atoms with Gasteiger partial charge >= 0.3 is 5.97 Å². The van der Waals surface area contributed by atoms with Crippen LogP contribution in [-0.2, 0) is 14.3 Å². The van der Waals surface area contributed by atoms with Crippen molar-refractivity contribution in [3.63, 3.8) is 0 Å². The van der Waals surface area contributed by atoms with Crippen molar-refractivity contribution >= 4 is 39.5 Å². The van der Waals surface area contributed by atoms with Crippen LogP contribution < -0.4 is 5.32 Å². The predicted octanol–water partition coefficient (Wildman–Crippen LogP) is 2.63. The van der Waals surface area contributed by atoms with Gasteiger partial charge in [-0.3, -0.25) is 14.5 Å². The van der Waals surface area contributed by atoms with E-state index in [9.17, 15) is 9.59 Å². The second kappa shape index (κ2) is 6.72. The number of furan rings is 1. The maximum atomic E-state index is 12.1. The maximum Gasteiger partial charge on any atom is 0.319 e. The molecule has 0 atom stereocenters. The number of methoxy groups -OCH3 is 1. The first-order valence-electron chi connectivity index (χ1n) is 7.53. The van der Waals surface area contributed by atoms with Gasteiger partial charge in [0.15, 0.2) is 0 Å². The first kappa shape index (κ1) is 16.0. The van der Waals surface area contributed by atoms with Crippen molar-refractivity contribution in [1.82, 2.24) is 4.90 Å². The SMILES string of the molecule is COC(=O)CN(C)CC(=O)Nc1ccc2oc3ccccc3c2c1. The predicted molar refractivity (Wildman–Crippen MR) is 91.9 cm³/mol. The number of likely N-dealkylation sites (N-methyl/N-ethyl adjacent to an activating group) is 1. The van der Waals surface area contributed by atoms with E-state index in [-0.39, 0.29) is 25.0 Å². The molecule has 6 nitrogen and oxygen atoms in total. The van der Waals surface area contributed by atoms with E-state index in [1.165, 1.54) is 7.11 Å². The maximum absolute atomic E-state index is 12.1. The van der Waals surface area contributed by atoms with Crippen LogP contribution in [0.2, 0.25) is 0 Å². The number of nitrogens with one attached hydrogen (secondary N) is 1. The van der Waals surface area contributed by atoms with Crippen LogP contribution in [0.4, 0.5) is 5.69 Å². The van der Waals surface area contributed by atoms with E-state index in [0.29, 0.717) is 5.69 Å². The molecule has 0 radical (unpaired) electrons. The number of nitrogens with zero attached hydrogens (tertiary/aromatic N) is 1. The van der Waals surface area contributed by atoms with Crippen molar-refractivity contribution in [3.8, 4) is 0 Å². The summed E-state index contributed by atoms with van der Waals surface area (Å²) >= 11 is 0. The van der Waals surface area contributed by atoms with E-state index in [1.54, 1.807) is 18.0 Å². The van der Waals surface area contributed by atoms with Crippen LogP contribution >= 0.6 is 0 Å². The standard InChI is InChI=1S/C18H18N2O4/c1-20(11-18(22)23-2)10-17(21)19-12-7-8-16-14(9-12)13-5-3-4-6-15(13)24-16/h3-9H,10-11H2,1-2H3,(H,19,21). The van der Waals surface area contributed by atoms with E-state index < -0.39 is 0 Å². The molecule has 2 aromatic carbocycles. The molecule has 3 rings (SSSR count). The number of anilines is 1. The van der Waals surface area contributed by atoms with Gasteiger partial charge in [0.1, 0.15) is 11.2 Å². The third kappa shape index (κ3) is 3.38. The van der Waals surface area contributed by atoms with Gasteiger partial charge in [-0.25, -0.2) is 0 Å². The van der Waals surface area contributed by atoms with Gasteiger partial charge < -0.3 is 14.5 Å². The van der Waals surface area contributed by atoms with E-state index in [0.717, 1.165) is 21.9 Å². The lowest BCUT2D eigenvalue weighted by Gasteiger charge is -2.14. The van der Waals surface area contributed by atoms with Crippen molar-refractivity contribution in [2.24, 2.45) is 0 Å². The van der Waals surface area contributed by atoms with Crippen molar-refractivity contribution in [2.75, 3.05) is 32.6 Å². The third-order valence-corrected chi connectivity index (χ3v) is 3.70. The Labute approximate surface area is 139 Å². The van der Waals surface area contributed by atoms with Crippen molar-refractivity contribution in [1.29, 1.82) is 0 Å². The Kier molecular flexibility index (Phi) is 4.48. The van der Waals surface area contributed by atoms with Gasteiger partial charge in [0.2, 0.25) is 5.91 Å². The molecule has 1 heterocycles. The first-order chi connectivity index (χ1) is 11.6. The molecule has 0 saturated heterocycles. The summed E-state index contributed by atoms with van der Waals surface area (Å²) in [7, 11) is 3.00. The molecule has 0 spiro atoms. The molecule has 0 aliphatic rings. The zero-order chi connectivity index (χ0) is 17.1. The average molecular weight is 326 g/mol. The second-order valence-corrected chi connectivity index (χ2v) is 5.61. The average Bonchev–Trinajstić information content (AvgIpc) is 2.92. The van der Waals surface area contributed by atoms with E-state index >= 15 is 0 Å². The lowest BCUT2D eigenvalue weighted by atomic mass is 10.1. The lowest BCUT2D eigenvalue weighted by molar-refractivity contribution is -0.141. The van der Waals surface area contributed by atoms with Crippen LogP contribution in [0.1, 0.15) is 0 Å². The summed E-state index contributed by atoms with van der Waals surface area (Å²) in [5.41, 5.74) is 2.27. The summed E-state index contributed by atoms with van der Waals surface area (Å²) in [5, 5.41) is 4.79. The minimum Gasteiger partial charge on any atom is -0.468 e. The molecule has 124 valence electrons. The summed E-state index contributed by atoms with van der Waals surface area (Å²) in [4.78, 5) is 24.9. The summed E-state index contributed by atoms with van der Waals surface area (Å²) in [5.74, 6) is -0.579. The molecule has 1 aromatic heterocycles. The van der Waals surface area contributed by atoms with Crippen LogP contribution in [0.3, 0.4) is 0 Å². The van der Waals surface area contributed by atoms with Crippen molar-refractivity contribution in [3.05, 3.63) is 42.5 Å². The number of hydrogen-bond donors (Lipinski definition) is 1. The molecule has 0 unspecified atom stereocenters. The highest BCUT2D eigenvalue weighted by atomic mass is 16.5. The fourth-order valence-electron chi connectivity index (χ4n) is 2.59. The van der Waals surface area contributed by atoms with Gasteiger partial charge in [-0.2, -0.15) is 0 Å². The molecule has 0 bridgehead atoms. The molecule has 0 fully saturated rings. The molecule has 0 aliphatic carbocycles. The minimum absolute atomic E-state index is 0.0648. The number of carbonyl (C=O) groups excluding carboxylic acids is 2. The fourth-order valence-corrected chi connectivity index (χ4v) is 2.59. The molecular formula is C18H18N2O4. The highest BCUT2D eigenvalue weighted by Crippen LogP contribution is 2.30. The topological polar surface area (TPSA) is 71.8 Å². The number of para-hydroxylation sites is 1. The van der Waals surface area contributed by atoms with Gasteiger partial charge in [0.25, 0.3) is 0 Å². The van der Waals surface area contributed by atoms with Crippen molar-refractivity contribution in [2.45, 2.75) is 0 Å². The summed E-state index contributed by atoms with van der Waals surface area (Å²) in [6.07, 6.45) is 0. The number of amides is 1. The summed E-state index contributed by atoms with van der Waals surface area (Å²) in [6, 6.07) is 13.3. The second-order valence-electron chi connectivity index (χ2n) is 5.61. The molecular weight excluding hydrogens is 308 g/mol. The van der Waals surface area contributed by atoms with Crippen LogP contribution in [-0.4, -0.2) is 44.0 Å². The molecule has 24 heavy (non-hydrogen) atoms. The van der Waals surface area contributed by atoms with Gasteiger partial charge in [0.05, 0.1) is 20.2 Å². The Balaban J connectivity index is 1.74. The Bertz CT molecular complexity index is 900. The third-order valence-electron chi connectivity index (χ3n) is 3.70. The first-order valence-corrected chi connectivity index (χ1v) is 7.53. The highest BCUT2D eigenvalue weighted by Gasteiger charge is 2.12. The Hall–Kier alpha value is -2.86. The molecule has 0 aliphatic heterocycles. The fraction of sp³-hybridized carbons (Fsp3) is 0.222. The normalized spacial score (nSPS) is 11.1. The van der Waals surface area contributed by atoms with E-state index in [4.69, 9.17) is 4.42 Å². The van der Waals surface area contributed by atoms with Crippen LogP contribution in [0, 0.1) is 0 Å². The number of rotatable bonds is 5. The summed E-state index contributed by atoms with van der Waals surface area (Å²) in [6.45, 7) is 0.161. The van der Waals surface area contributed by atoms with Crippen LogP contribution in [0.15, 0.2) is 46.9 Å². The van der Waals surface area contributed by atoms with E-state index in [1.807, 2.05) is 36.4 Å². The highest BCUT2D eigenvalue weighted by molar-refractivity contribution is 6.07. The number of hydrogen-bond acceptors (Lipinski definition) is 5. The van der Waals surface area contributed by atoms with Gasteiger partial charge in [0, 0.05) is 16.5 Å². The largest absolute Gasteiger partial charge is 0.468 e. The monoisotopic (exact) mass is 326 g/mol. The molecule has 1 N–H and O–H groups in total. The van der Waals surface area contributed by atoms with Gasteiger partial charge in [-0.15, -0.1) is 0 Å². The van der Waals surface area contributed by atoms with E-state index in [2.05, 4.69) is 10.1 Å². The Morgan fingerprint density at radius 1 is 1.08 bits per heavy atom. The zero-order valence-electron chi connectivity index (χ0n) is 13.5. The van der Waals surface area contributed by atoms with Crippen LogP contribution in [0.5, 0.6) is 0 Å².